The van der Waals surface area contributed by atoms with E-state index in [1.54, 1.807) is 0 Å². The smallest absolute Gasteiger partial charge is 0.319 e. The van der Waals surface area contributed by atoms with Gasteiger partial charge in [-0.2, -0.15) is 0 Å². The molecule has 7 nitrogen and oxygen atoms in total. The summed E-state index contributed by atoms with van der Waals surface area (Å²) in [6.45, 7) is 3.44. The van der Waals surface area contributed by atoms with Crippen LogP contribution in [0.25, 0.3) is 0 Å². The highest BCUT2D eigenvalue weighted by Gasteiger charge is 2.22. The number of amides is 2. The van der Waals surface area contributed by atoms with Crippen molar-refractivity contribution in [3.8, 4) is 0 Å². The molecule has 1 aliphatic rings. The first-order chi connectivity index (χ1) is 12.5. The molecule has 0 saturated carbocycles. The average Bonchev–Trinajstić information content (AvgIpc) is 2.64. The number of para-hydroxylation sites is 1. The lowest BCUT2D eigenvalue weighted by molar-refractivity contribution is -0.384. The number of nitro groups is 1. The van der Waals surface area contributed by atoms with E-state index < -0.39 is 4.92 Å². The lowest BCUT2D eigenvalue weighted by atomic mass is 9.97. The van der Waals surface area contributed by atoms with Gasteiger partial charge in [0.05, 0.1) is 4.92 Å². The maximum Gasteiger partial charge on any atom is 0.319 e. The van der Waals surface area contributed by atoms with Crippen LogP contribution in [0.4, 0.5) is 21.9 Å². The highest BCUT2D eigenvalue weighted by atomic mass is 16.6. The van der Waals surface area contributed by atoms with Gasteiger partial charge in [-0.05, 0) is 43.5 Å². The van der Waals surface area contributed by atoms with Gasteiger partial charge < -0.3 is 15.5 Å². The van der Waals surface area contributed by atoms with Crippen molar-refractivity contribution in [1.29, 1.82) is 0 Å². The fourth-order valence-electron chi connectivity index (χ4n) is 3.23. The van der Waals surface area contributed by atoms with E-state index in [0.717, 1.165) is 19.4 Å². The van der Waals surface area contributed by atoms with Crippen LogP contribution in [0.2, 0.25) is 0 Å². The number of nitrogens with one attached hydrogen (secondary N) is 2. The van der Waals surface area contributed by atoms with Crippen molar-refractivity contribution in [3.63, 3.8) is 0 Å². The third kappa shape index (κ3) is 4.11. The third-order valence-electron chi connectivity index (χ3n) is 4.64. The zero-order chi connectivity index (χ0) is 18.5. The van der Waals surface area contributed by atoms with Gasteiger partial charge in [-0.1, -0.05) is 18.2 Å². The molecule has 0 bridgehead atoms. The van der Waals surface area contributed by atoms with Crippen LogP contribution in [-0.2, 0) is 6.42 Å². The predicted octanol–water partition coefficient (Wildman–Crippen LogP) is 3.56. The van der Waals surface area contributed by atoms with E-state index >= 15 is 0 Å². The van der Waals surface area contributed by atoms with Crippen LogP contribution >= 0.6 is 0 Å². The maximum absolute atomic E-state index is 12.0. The predicted molar refractivity (Wildman–Crippen MR) is 102 cm³/mol. The van der Waals surface area contributed by atoms with E-state index in [0.29, 0.717) is 18.3 Å². The van der Waals surface area contributed by atoms with Crippen molar-refractivity contribution in [1.82, 2.24) is 5.32 Å². The van der Waals surface area contributed by atoms with Gasteiger partial charge >= 0.3 is 6.03 Å². The number of benzene rings is 2. The minimum absolute atomic E-state index is 0.00582. The molecule has 3 rings (SSSR count). The summed E-state index contributed by atoms with van der Waals surface area (Å²) < 4.78 is 0. The van der Waals surface area contributed by atoms with Crippen molar-refractivity contribution < 1.29 is 9.72 Å². The van der Waals surface area contributed by atoms with Gasteiger partial charge in [0.1, 0.15) is 0 Å². The summed E-state index contributed by atoms with van der Waals surface area (Å²) in [6, 6.07) is 14.2. The van der Waals surface area contributed by atoms with Gasteiger partial charge in [-0.25, -0.2) is 4.79 Å². The minimum Gasteiger partial charge on any atom is -0.367 e. The molecule has 2 aromatic carbocycles. The summed E-state index contributed by atoms with van der Waals surface area (Å²) in [7, 11) is 0. The van der Waals surface area contributed by atoms with Crippen molar-refractivity contribution in [2.45, 2.75) is 25.8 Å². The monoisotopic (exact) mass is 354 g/mol. The van der Waals surface area contributed by atoms with Crippen LogP contribution < -0.4 is 15.5 Å². The normalized spacial score (nSPS) is 15.9. The van der Waals surface area contributed by atoms with Gasteiger partial charge in [0.25, 0.3) is 5.69 Å². The van der Waals surface area contributed by atoms with Crippen LogP contribution in [0.5, 0.6) is 0 Å². The lowest BCUT2D eigenvalue weighted by Gasteiger charge is -2.37. The van der Waals surface area contributed by atoms with Crippen LogP contribution in [0.1, 0.15) is 18.9 Å². The number of urea groups is 1. The molecule has 1 aliphatic heterocycles. The average molecular weight is 354 g/mol. The molecular formula is C19H22N4O3. The Kier molecular flexibility index (Phi) is 5.36. The Hall–Kier alpha value is -3.09. The number of nitro benzene ring substituents is 1. The van der Waals surface area contributed by atoms with Crippen LogP contribution in [0.15, 0.2) is 48.5 Å². The molecular weight excluding hydrogens is 332 g/mol. The standard InChI is InChI=1S/C19H22N4O3/c1-14-6-7-15-4-2-3-5-18(15)22(14)13-12-20-19(24)21-16-8-10-17(11-9-16)23(25)26/h2-5,8-11,14H,6-7,12-13H2,1H3,(H2,20,21,24)/t14-/m0/s1. The zero-order valence-corrected chi connectivity index (χ0v) is 14.6. The maximum atomic E-state index is 12.0. The molecule has 0 saturated heterocycles. The summed E-state index contributed by atoms with van der Waals surface area (Å²) in [5.74, 6) is 0. The Balaban J connectivity index is 1.51. The van der Waals surface area contributed by atoms with Crippen molar-refractivity contribution >= 4 is 23.1 Å². The number of anilines is 2. The van der Waals surface area contributed by atoms with E-state index in [4.69, 9.17) is 0 Å². The van der Waals surface area contributed by atoms with E-state index in [1.165, 1.54) is 35.5 Å². The number of nitrogens with zero attached hydrogens (tertiary/aromatic N) is 2. The Morgan fingerprint density at radius 2 is 1.96 bits per heavy atom. The number of rotatable bonds is 5. The van der Waals surface area contributed by atoms with Crippen LogP contribution in [-0.4, -0.2) is 30.1 Å². The summed E-state index contributed by atoms with van der Waals surface area (Å²) in [5.41, 5.74) is 3.10. The first-order valence-electron chi connectivity index (χ1n) is 8.68. The molecule has 0 radical (unpaired) electrons. The van der Waals surface area contributed by atoms with E-state index in [2.05, 4.69) is 40.7 Å². The van der Waals surface area contributed by atoms with E-state index in [1.807, 2.05) is 6.07 Å². The van der Waals surface area contributed by atoms with Gasteiger partial charge in [0.15, 0.2) is 0 Å². The Bertz CT molecular complexity index is 792. The second-order valence-electron chi connectivity index (χ2n) is 6.39. The number of hydrogen-bond donors (Lipinski definition) is 2. The molecule has 1 atom stereocenters. The number of hydrogen-bond acceptors (Lipinski definition) is 4. The molecule has 0 aromatic heterocycles. The molecule has 136 valence electrons. The first kappa shape index (κ1) is 17.7. The molecule has 2 N–H and O–H groups in total. The largest absolute Gasteiger partial charge is 0.367 e. The fraction of sp³-hybridized carbons (Fsp3) is 0.316. The summed E-state index contributed by atoms with van der Waals surface area (Å²) in [5, 5.41) is 16.2. The second kappa shape index (κ2) is 7.86. The molecule has 2 amide bonds. The lowest BCUT2D eigenvalue weighted by Crippen LogP contribution is -2.43. The summed E-state index contributed by atoms with van der Waals surface area (Å²) in [4.78, 5) is 24.5. The Morgan fingerprint density at radius 1 is 1.23 bits per heavy atom. The molecule has 2 aromatic rings. The molecule has 26 heavy (non-hydrogen) atoms. The number of carbonyl (C=O) groups is 1. The Labute approximate surface area is 152 Å². The quantitative estimate of drug-likeness (QED) is 0.635. The van der Waals surface area contributed by atoms with Crippen LogP contribution in [0, 0.1) is 10.1 Å². The number of fused-ring (bicyclic) bond motifs is 1. The third-order valence-corrected chi connectivity index (χ3v) is 4.64. The highest BCUT2D eigenvalue weighted by Crippen LogP contribution is 2.29. The van der Waals surface area contributed by atoms with E-state index in [9.17, 15) is 14.9 Å². The molecule has 0 fully saturated rings. The van der Waals surface area contributed by atoms with E-state index in [-0.39, 0.29) is 11.7 Å². The number of carbonyl (C=O) groups excluding carboxylic acids is 1. The van der Waals surface area contributed by atoms with Crippen molar-refractivity contribution in [2.75, 3.05) is 23.3 Å². The molecule has 1 heterocycles. The molecule has 0 spiro atoms. The highest BCUT2D eigenvalue weighted by molar-refractivity contribution is 5.89. The van der Waals surface area contributed by atoms with Gasteiger partial charge in [-0.3, -0.25) is 10.1 Å². The first-order valence-corrected chi connectivity index (χ1v) is 8.68. The SMILES string of the molecule is C[C@H]1CCc2ccccc2N1CCNC(=O)Nc1ccc([N+](=O)[O-])cc1. The second-order valence-corrected chi connectivity index (χ2v) is 6.39. The van der Waals surface area contributed by atoms with Gasteiger partial charge in [0.2, 0.25) is 0 Å². The minimum atomic E-state index is -0.471. The molecule has 0 aliphatic carbocycles. The number of non-ortho nitro benzene ring substituents is 1. The van der Waals surface area contributed by atoms with Crippen molar-refractivity contribution in [2.24, 2.45) is 0 Å². The molecule has 0 unspecified atom stereocenters. The summed E-state index contributed by atoms with van der Waals surface area (Å²) in [6.07, 6.45) is 2.19. The van der Waals surface area contributed by atoms with Gasteiger partial charge in [0, 0.05) is 42.6 Å². The van der Waals surface area contributed by atoms with Crippen molar-refractivity contribution in [3.05, 3.63) is 64.2 Å². The topological polar surface area (TPSA) is 87.5 Å². The van der Waals surface area contributed by atoms with Gasteiger partial charge in [-0.15, -0.1) is 0 Å². The van der Waals surface area contributed by atoms with Crippen LogP contribution in [0.3, 0.4) is 0 Å². The zero-order valence-electron chi connectivity index (χ0n) is 14.6. The summed E-state index contributed by atoms with van der Waals surface area (Å²) >= 11 is 0. The number of aryl methyl sites for hydroxylation is 1. The fourth-order valence-corrected chi connectivity index (χ4v) is 3.23. The molecule has 7 heteroatoms. The Morgan fingerprint density at radius 3 is 2.69 bits per heavy atom.